The molecule has 0 aliphatic rings. The van der Waals surface area contributed by atoms with Crippen molar-refractivity contribution in [3.8, 4) is 5.75 Å². The number of fused-ring (bicyclic) bond motifs is 1. The van der Waals surface area contributed by atoms with Crippen molar-refractivity contribution in [2.75, 3.05) is 13.7 Å². The number of hydrogen-bond acceptors (Lipinski definition) is 3. The second kappa shape index (κ2) is 5.19. The third-order valence-electron chi connectivity index (χ3n) is 2.82. The number of nitrogens with one attached hydrogen (secondary N) is 2. The van der Waals surface area contributed by atoms with E-state index in [0.29, 0.717) is 0 Å². The minimum Gasteiger partial charge on any atom is -0.497 e. The first kappa shape index (κ1) is 11.9. The zero-order valence-corrected chi connectivity index (χ0v) is 10.6. The Kier molecular flexibility index (Phi) is 3.64. The third-order valence-corrected chi connectivity index (χ3v) is 2.82. The van der Waals surface area contributed by atoms with E-state index in [1.165, 1.54) is 0 Å². The Balaban J connectivity index is 2.24. The summed E-state index contributed by atoms with van der Waals surface area (Å²) < 4.78 is 5.19. The summed E-state index contributed by atoms with van der Waals surface area (Å²) in [4.78, 5) is 7.89. The van der Waals surface area contributed by atoms with Crippen LogP contribution in [-0.4, -0.2) is 23.6 Å². The SMILES string of the molecule is CCCNC(C)c1nc2ccc(OC)cc2[nH]1. The van der Waals surface area contributed by atoms with E-state index in [2.05, 4.69) is 29.1 Å². The summed E-state index contributed by atoms with van der Waals surface area (Å²) in [5.41, 5.74) is 2.00. The Morgan fingerprint density at radius 1 is 1.47 bits per heavy atom. The molecule has 1 atom stereocenters. The van der Waals surface area contributed by atoms with Crippen LogP contribution in [0.3, 0.4) is 0 Å². The Labute approximate surface area is 101 Å². The van der Waals surface area contributed by atoms with Gasteiger partial charge in [-0.1, -0.05) is 6.92 Å². The highest BCUT2D eigenvalue weighted by atomic mass is 16.5. The van der Waals surface area contributed by atoms with E-state index in [1.54, 1.807) is 7.11 Å². The van der Waals surface area contributed by atoms with Crippen molar-refractivity contribution in [3.63, 3.8) is 0 Å². The minimum absolute atomic E-state index is 0.244. The standard InChI is InChI=1S/C13H19N3O/c1-4-7-14-9(2)13-15-11-6-5-10(17-3)8-12(11)16-13/h5-6,8-9,14H,4,7H2,1-3H3,(H,15,16). The highest BCUT2D eigenvalue weighted by Crippen LogP contribution is 2.20. The number of hydrogen-bond donors (Lipinski definition) is 2. The molecule has 2 rings (SSSR count). The van der Waals surface area contributed by atoms with Gasteiger partial charge in [0.25, 0.3) is 0 Å². The maximum atomic E-state index is 5.19. The third kappa shape index (κ3) is 2.58. The number of H-pyrrole nitrogens is 1. The van der Waals surface area contributed by atoms with Gasteiger partial charge in [-0.05, 0) is 32.0 Å². The van der Waals surface area contributed by atoms with Crippen molar-refractivity contribution in [2.24, 2.45) is 0 Å². The van der Waals surface area contributed by atoms with E-state index in [-0.39, 0.29) is 6.04 Å². The number of aromatic amines is 1. The van der Waals surface area contributed by atoms with Gasteiger partial charge in [0.05, 0.1) is 24.2 Å². The molecule has 2 N–H and O–H groups in total. The van der Waals surface area contributed by atoms with Crippen molar-refractivity contribution < 1.29 is 4.74 Å². The molecule has 4 nitrogen and oxygen atoms in total. The Bertz CT molecular complexity index is 492. The van der Waals surface area contributed by atoms with Crippen LogP contribution >= 0.6 is 0 Å². The van der Waals surface area contributed by atoms with Crippen LogP contribution in [-0.2, 0) is 0 Å². The smallest absolute Gasteiger partial charge is 0.124 e. The molecular weight excluding hydrogens is 214 g/mol. The van der Waals surface area contributed by atoms with Crippen LogP contribution in [0.5, 0.6) is 5.75 Å². The Hall–Kier alpha value is -1.55. The Morgan fingerprint density at radius 3 is 3.00 bits per heavy atom. The van der Waals surface area contributed by atoms with Gasteiger partial charge in [0.2, 0.25) is 0 Å². The first-order chi connectivity index (χ1) is 8.24. The molecule has 0 fully saturated rings. The fourth-order valence-electron chi connectivity index (χ4n) is 1.80. The lowest BCUT2D eigenvalue weighted by atomic mass is 10.3. The van der Waals surface area contributed by atoms with E-state index in [4.69, 9.17) is 4.74 Å². The van der Waals surface area contributed by atoms with Crippen molar-refractivity contribution in [3.05, 3.63) is 24.0 Å². The van der Waals surface area contributed by atoms with Crippen LogP contribution in [0.1, 0.15) is 32.1 Å². The lowest BCUT2D eigenvalue weighted by molar-refractivity contribution is 0.415. The molecule has 0 bridgehead atoms. The summed E-state index contributed by atoms with van der Waals surface area (Å²) in [6, 6.07) is 6.12. The number of imidazole rings is 1. The Morgan fingerprint density at radius 2 is 2.29 bits per heavy atom. The maximum Gasteiger partial charge on any atom is 0.124 e. The fraction of sp³-hybridized carbons (Fsp3) is 0.462. The molecule has 0 saturated heterocycles. The predicted molar refractivity (Wildman–Crippen MR) is 69.4 cm³/mol. The van der Waals surface area contributed by atoms with Crippen LogP contribution in [0.15, 0.2) is 18.2 Å². The predicted octanol–water partition coefficient (Wildman–Crippen LogP) is 2.63. The van der Waals surface area contributed by atoms with E-state index in [9.17, 15) is 0 Å². The van der Waals surface area contributed by atoms with Gasteiger partial charge < -0.3 is 15.0 Å². The summed E-state index contributed by atoms with van der Waals surface area (Å²) in [6.45, 7) is 5.27. The van der Waals surface area contributed by atoms with Gasteiger partial charge in [-0.25, -0.2) is 4.98 Å². The largest absolute Gasteiger partial charge is 0.497 e. The lowest BCUT2D eigenvalue weighted by Crippen LogP contribution is -2.20. The topological polar surface area (TPSA) is 49.9 Å². The van der Waals surface area contributed by atoms with Gasteiger partial charge in [0.15, 0.2) is 0 Å². The summed E-state index contributed by atoms with van der Waals surface area (Å²) in [5.74, 6) is 1.82. The summed E-state index contributed by atoms with van der Waals surface area (Å²) in [5, 5.41) is 3.41. The van der Waals surface area contributed by atoms with E-state index in [0.717, 1.165) is 35.6 Å². The second-order valence-electron chi connectivity index (χ2n) is 4.18. The molecule has 2 aromatic rings. The van der Waals surface area contributed by atoms with Crippen LogP contribution in [0.25, 0.3) is 11.0 Å². The number of rotatable bonds is 5. The molecule has 0 aliphatic heterocycles. The van der Waals surface area contributed by atoms with Gasteiger partial charge in [-0.3, -0.25) is 0 Å². The molecular formula is C13H19N3O. The van der Waals surface area contributed by atoms with Crippen molar-refractivity contribution in [1.82, 2.24) is 15.3 Å². The van der Waals surface area contributed by atoms with E-state index < -0.39 is 0 Å². The van der Waals surface area contributed by atoms with Gasteiger partial charge in [-0.2, -0.15) is 0 Å². The van der Waals surface area contributed by atoms with Gasteiger partial charge in [-0.15, -0.1) is 0 Å². The number of aromatic nitrogens is 2. The van der Waals surface area contributed by atoms with Gasteiger partial charge in [0.1, 0.15) is 11.6 Å². The number of methoxy groups -OCH3 is 1. The maximum absolute atomic E-state index is 5.19. The zero-order chi connectivity index (χ0) is 12.3. The van der Waals surface area contributed by atoms with Crippen LogP contribution in [0, 0.1) is 0 Å². The molecule has 0 aliphatic carbocycles. The molecule has 1 aromatic carbocycles. The molecule has 1 aromatic heterocycles. The zero-order valence-electron chi connectivity index (χ0n) is 10.6. The number of nitrogens with zero attached hydrogens (tertiary/aromatic N) is 1. The summed E-state index contributed by atoms with van der Waals surface area (Å²) >= 11 is 0. The average Bonchev–Trinajstić information content (AvgIpc) is 2.78. The summed E-state index contributed by atoms with van der Waals surface area (Å²) in [7, 11) is 1.67. The molecule has 1 heterocycles. The molecule has 0 spiro atoms. The van der Waals surface area contributed by atoms with Crippen molar-refractivity contribution in [1.29, 1.82) is 0 Å². The monoisotopic (exact) mass is 233 g/mol. The van der Waals surface area contributed by atoms with Gasteiger partial charge in [0, 0.05) is 6.07 Å². The van der Waals surface area contributed by atoms with Crippen LogP contribution in [0.4, 0.5) is 0 Å². The van der Waals surface area contributed by atoms with Crippen molar-refractivity contribution in [2.45, 2.75) is 26.3 Å². The average molecular weight is 233 g/mol. The van der Waals surface area contributed by atoms with Crippen LogP contribution < -0.4 is 10.1 Å². The fourth-order valence-corrected chi connectivity index (χ4v) is 1.80. The first-order valence-electron chi connectivity index (χ1n) is 6.01. The summed E-state index contributed by atoms with van der Waals surface area (Å²) in [6.07, 6.45) is 1.12. The van der Waals surface area contributed by atoms with E-state index >= 15 is 0 Å². The highest BCUT2D eigenvalue weighted by molar-refractivity contribution is 5.76. The van der Waals surface area contributed by atoms with Gasteiger partial charge >= 0.3 is 0 Å². The second-order valence-corrected chi connectivity index (χ2v) is 4.18. The molecule has 0 amide bonds. The molecule has 1 unspecified atom stereocenters. The lowest BCUT2D eigenvalue weighted by Gasteiger charge is -2.09. The molecule has 0 radical (unpaired) electrons. The normalized spacial score (nSPS) is 12.9. The van der Waals surface area contributed by atoms with Crippen LogP contribution in [0.2, 0.25) is 0 Å². The van der Waals surface area contributed by atoms with Crippen molar-refractivity contribution >= 4 is 11.0 Å². The highest BCUT2D eigenvalue weighted by Gasteiger charge is 2.10. The molecule has 92 valence electrons. The quantitative estimate of drug-likeness (QED) is 0.834. The number of ether oxygens (including phenoxy) is 1. The van der Waals surface area contributed by atoms with E-state index in [1.807, 2.05) is 18.2 Å². The number of benzene rings is 1. The first-order valence-corrected chi connectivity index (χ1v) is 6.01. The molecule has 17 heavy (non-hydrogen) atoms. The molecule has 0 saturated carbocycles. The minimum atomic E-state index is 0.244. The molecule has 4 heteroatoms.